The van der Waals surface area contributed by atoms with Gasteiger partial charge in [0, 0.05) is 5.39 Å². The molecule has 0 saturated carbocycles. The number of aromatic nitrogens is 2. The number of aromatic amines is 1. The van der Waals surface area contributed by atoms with E-state index < -0.39 is 40.6 Å². The van der Waals surface area contributed by atoms with Crippen LogP contribution in [0.1, 0.15) is 5.69 Å². The number of fused-ring (bicyclic) bond motifs is 1. The van der Waals surface area contributed by atoms with Crippen molar-refractivity contribution in [2.45, 2.75) is 16.7 Å². The van der Waals surface area contributed by atoms with E-state index in [0.717, 1.165) is 16.8 Å². The van der Waals surface area contributed by atoms with E-state index in [9.17, 15) is 30.7 Å². The average Bonchev–Trinajstić information content (AvgIpc) is 3.04. The summed E-state index contributed by atoms with van der Waals surface area (Å²) < 4.78 is 70.7. The number of hydrogen-bond acceptors (Lipinski definition) is 9. The Balaban J connectivity index is 0.00000241. The molecule has 1 aromatic heterocycles. The summed E-state index contributed by atoms with van der Waals surface area (Å²) in [5.41, 5.74) is -1.21. The van der Waals surface area contributed by atoms with Gasteiger partial charge in [0.2, 0.25) is 0 Å². The van der Waals surface area contributed by atoms with Gasteiger partial charge in [-0.1, -0.05) is 53.5 Å². The van der Waals surface area contributed by atoms with Crippen molar-refractivity contribution in [3.05, 3.63) is 74.6 Å². The van der Waals surface area contributed by atoms with E-state index in [-0.39, 0.29) is 92.3 Å². The minimum atomic E-state index is -4.95. The largest absolute Gasteiger partial charge is 1.00 e. The summed E-state index contributed by atoms with van der Waals surface area (Å²) in [7, 11) is -9.86. The van der Waals surface area contributed by atoms with E-state index in [1.807, 2.05) is 0 Å². The van der Waals surface area contributed by atoms with Crippen LogP contribution >= 0.6 is 23.2 Å². The number of hydrogen-bond donors (Lipinski definition) is 1. The van der Waals surface area contributed by atoms with Gasteiger partial charge in [0.05, 0.1) is 31.2 Å². The molecule has 0 amide bonds. The molecule has 17 heteroatoms. The maximum atomic E-state index is 13.0. The van der Waals surface area contributed by atoms with E-state index in [2.05, 4.69) is 15.3 Å². The van der Waals surface area contributed by atoms with Crippen LogP contribution in [0.4, 0.5) is 11.4 Å². The van der Waals surface area contributed by atoms with Gasteiger partial charge in [-0.05, 0) is 30.5 Å². The van der Waals surface area contributed by atoms with E-state index in [1.165, 1.54) is 19.1 Å². The molecule has 4 aromatic rings. The first-order valence-electron chi connectivity index (χ1n) is 9.45. The quantitative estimate of drug-likeness (QED) is 0.159. The second-order valence-electron chi connectivity index (χ2n) is 7.20. The second kappa shape index (κ2) is 12.0. The van der Waals surface area contributed by atoms with Gasteiger partial charge >= 0.3 is 59.1 Å². The van der Waals surface area contributed by atoms with Crippen LogP contribution in [0, 0.1) is 6.92 Å². The standard InChI is InChI=1S/C20H14Cl2N4O7S2.2Na/c1-10-18(20(27)26(25-10)16-8-14(22)17(9-13(16)21)34(28,29)30)24-23-15-7-6-11-4-2-3-5-12(11)19(15)35(31,32)33;;/h2-9,25H,1H3,(H,28,29,30)(H,31,32,33);;/q;2*+1/p-2. The molecule has 182 valence electrons. The van der Waals surface area contributed by atoms with Gasteiger partial charge in [-0.3, -0.25) is 9.89 Å². The van der Waals surface area contributed by atoms with E-state index in [0.29, 0.717) is 5.39 Å². The SMILES string of the molecule is Cc1[nH]n(-c2cc(Cl)c(S(=O)(=O)[O-])cc2Cl)c(=O)c1N=Nc1ccc2ccccc2c1S(=O)(=O)[O-].[Na+].[Na+]. The smallest absolute Gasteiger partial charge is 0.744 e. The minimum Gasteiger partial charge on any atom is -0.744 e. The van der Waals surface area contributed by atoms with Crippen LogP contribution in [-0.4, -0.2) is 35.7 Å². The molecular formula is C20H12Cl2N4Na2O7S2. The molecule has 0 radical (unpaired) electrons. The zero-order valence-electron chi connectivity index (χ0n) is 19.4. The Hall–Kier alpha value is -1.07. The van der Waals surface area contributed by atoms with Crippen molar-refractivity contribution in [1.82, 2.24) is 9.78 Å². The number of azo groups is 1. The molecule has 0 saturated heterocycles. The van der Waals surface area contributed by atoms with Crippen molar-refractivity contribution in [3.8, 4) is 5.69 Å². The Morgan fingerprint density at radius 1 is 0.892 bits per heavy atom. The molecule has 0 spiro atoms. The van der Waals surface area contributed by atoms with Crippen LogP contribution in [0.5, 0.6) is 0 Å². The third-order valence-electron chi connectivity index (χ3n) is 4.92. The van der Waals surface area contributed by atoms with Gasteiger partial charge in [0.1, 0.15) is 25.9 Å². The summed E-state index contributed by atoms with van der Waals surface area (Å²) in [6.45, 7) is 1.46. The molecule has 0 atom stereocenters. The first-order chi connectivity index (χ1) is 16.3. The molecule has 4 rings (SSSR count). The summed E-state index contributed by atoms with van der Waals surface area (Å²) in [6.07, 6.45) is 0. The fraction of sp³-hybridized carbons (Fsp3) is 0.0500. The molecule has 0 fully saturated rings. The van der Waals surface area contributed by atoms with E-state index in [1.54, 1.807) is 24.3 Å². The fourth-order valence-corrected chi connectivity index (χ4v) is 5.52. The Labute approximate surface area is 264 Å². The van der Waals surface area contributed by atoms with Crippen LogP contribution in [0.25, 0.3) is 16.5 Å². The number of aryl methyl sites for hydroxylation is 1. The minimum absolute atomic E-state index is 0. The van der Waals surface area contributed by atoms with Gasteiger partial charge in [-0.2, -0.15) is 0 Å². The van der Waals surface area contributed by atoms with Gasteiger partial charge in [0.25, 0.3) is 5.56 Å². The normalized spacial score (nSPS) is 11.9. The van der Waals surface area contributed by atoms with Gasteiger partial charge in [0.15, 0.2) is 5.69 Å². The molecule has 0 aliphatic heterocycles. The number of nitrogens with zero attached hydrogens (tertiary/aromatic N) is 3. The molecule has 0 unspecified atom stereocenters. The maximum Gasteiger partial charge on any atom is 1.00 e. The topological polar surface area (TPSA) is 177 Å². The molecule has 0 aliphatic rings. The number of halogens is 2. The number of nitrogens with one attached hydrogen (secondary N) is 1. The average molecular weight is 601 g/mol. The van der Waals surface area contributed by atoms with Crippen molar-refractivity contribution < 1.29 is 85.1 Å². The Kier molecular flexibility index (Phi) is 10.4. The fourth-order valence-electron chi connectivity index (χ4n) is 3.38. The molecule has 1 N–H and O–H groups in total. The monoisotopic (exact) mass is 600 g/mol. The zero-order valence-corrected chi connectivity index (χ0v) is 26.5. The predicted molar refractivity (Wildman–Crippen MR) is 125 cm³/mol. The van der Waals surface area contributed by atoms with Crippen molar-refractivity contribution >= 4 is 65.6 Å². The third-order valence-corrected chi connectivity index (χ3v) is 7.45. The van der Waals surface area contributed by atoms with Crippen molar-refractivity contribution in [3.63, 3.8) is 0 Å². The molecule has 3 aromatic carbocycles. The molecule has 11 nitrogen and oxygen atoms in total. The van der Waals surface area contributed by atoms with E-state index in [4.69, 9.17) is 23.2 Å². The van der Waals surface area contributed by atoms with Crippen molar-refractivity contribution in [1.29, 1.82) is 0 Å². The van der Waals surface area contributed by atoms with Crippen molar-refractivity contribution in [2.24, 2.45) is 10.2 Å². The molecule has 37 heavy (non-hydrogen) atoms. The summed E-state index contributed by atoms with van der Waals surface area (Å²) in [5, 5.41) is 10.3. The summed E-state index contributed by atoms with van der Waals surface area (Å²) in [4.78, 5) is 11.6. The number of H-pyrrole nitrogens is 1. The van der Waals surface area contributed by atoms with Crippen LogP contribution < -0.4 is 64.7 Å². The van der Waals surface area contributed by atoms with Gasteiger partial charge in [-0.15, -0.1) is 10.2 Å². The molecule has 1 heterocycles. The third kappa shape index (κ3) is 6.57. The first-order valence-corrected chi connectivity index (χ1v) is 13.0. The number of rotatable bonds is 5. The first kappa shape index (κ1) is 32.1. The van der Waals surface area contributed by atoms with Gasteiger partial charge < -0.3 is 9.11 Å². The molecular weight excluding hydrogens is 589 g/mol. The van der Waals surface area contributed by atoms with Gasteiger partial charge in [-0.25, -0.2) is 21.5 Å². The van der Waals surface area contributed by atoms with Crippen LogP contribution in [0.15, 0.2) is 73.3 Å². The zero-order chi connectivity index (χ0) is 25.7. The Bertz CT molecular complexity index is 1820. The predicted octanol–water partition coefficient (Wildman–Crippen LogP) is -1.83. The summed E-state index contributed by atoms with van der Waals surface area (Å²) in [5.74, 6) is 0. The van der Waals surface area contributed by atoms with E-state index >= 15 is 0 Å². The summed E-state index contributed by atoms with van der Waals surface area (Å²) >= 11 is 12.0. The van der Waals surface area contributed by atoms with Crippen LogP contribution in [-0.2, 0) is 20.2 Å². The second-order valence-corrected chi connectivity index (χ2v) is 10.7. The summed E-state index contributed by atoms with van der Waals surface area (Å²) in [6, 6.07) is 11.0. The Morgan fingerprint density at radius 3 is 2.16 bits per heavy atom. The van der Waals surface area contributed by atoms with Crippen LogP contribution in [0.3, 0.4) is 0 Å². The maximum absolute atomic E-state index is 13.0. The molecule has 0 bridgehead atoms. The molecule has 0 aliphatic carbocycles. The number of benzene rings is 3. The Morgan fingerprint density at radius 2 is 1.54 bits per heavy atom. The van der Waals surface area contributed by atoms with Crippen LogP contribution in [0.2, 0.25) is 10.0 Å². The van der Waals surface area contributed by atoms with Crippen molar-refractivity contribution in [2.75, 3.05) is 0 Å².